The van der Waals surface area contributed by atoms with E-state index in [9.17, 15) is 4.79 Å². The van der Waals surface area contributed by atoms with Gasteiger partial charge in [0.25, 0.3) is 5.91 Å². The maximum Gasteiger partial charge on any atom is 0.278 e. The summed E-state index contributed by atoms with van der Waals surface area (Å²) in [7, 11) is 1.43. The van der Waals surface area contributed by atoms with Crippen molar-refractivity contribution in [3.8, 4) is 0 Å². The highest BCUT2D eigenvalue weighted by atomic mass is 16.6. The Morgan fingerprint density at radius 3 is 2.70 bits per heavy atom. The molecule has 1 fully saturated rings. The van der Waals surface area contributed by atoms with Gasteiger partial charge in [-0.2, -0.15) is 0 Å². The largest absolute Gasteiger partial charge is 0.368 e. The number of nitrogens with zero attached hydrogens (tertiary/aromatic N) is 4. The van der Waals surface area contributed by atoms with Gasteiger partial charge < -0.3 is 10.2 Å². The molecule has 1 aliphatic rings. The van der Waals surface area contributed by atoms with Crippen LogP contribution in [0.5, 0.6) is 0 Å². The number of imidazole rings is 1. The van der Waals surface area contributed by atoms with Crippen LogP contribution in [-0.2, 0) is 4.84 Å². The summed E-state index contributed by atoms with van der Waals surface area (Å²) in [5.74, 6) is -0.337. The Morgan fingerprint density at radius 1 is 1.17 bits per heavy atom. The van der Waals surface area contributed by atoms with E-state index < -0.39 is 0 Å². The Morgan fingerprint density at radius 2 is 1.93 bits per heavy atom. The number of fused-ring (bicyclic) bond motifs is 5. The first-order chi connectivity index (χ1) is 14.6. The Bertz CT molecular complexity index is 1260. The summed E-state index contributed by atoms with van der Waals surface area (Å²) in [6, 6.07) is 12.5. The second kappa shape index (κ2) is 7.23. The van der Waals surface area contributed by atoms with E-state index in [1.807, 2.05) is 47.0 Å². The van der Waals surface area contributed by atoms with Crippen molar-refractivity contribution in [2.24, 2.45) is 0 Å². The molecule has 8 heteroatoms. The summed E-state index contributed by atoms with van der Waals surface area (Å²) < 4.78 is 1.97. The smallest absolute Gasteiger partial charge is 0.278 e. The summed E-state index contributed by atoms with van der Waals surface area (Å²) in [5, 5.41) is 4.48. The van der Waals surface area contributed by atoms with Crippen LogP contribution in [0.15, 0.2) is 42.6 Å². The van der Waals surface area contributed by atoms with Crippen molar-refractivity contribution in [3.05, 3.63) is 48.2 Å². The van der Waals surface area contributed by atoms with Crippen LogP contribution >= 0.6 is 0 Å². The second-order valence-electron chi connectivity index (χ2n) is 7.89. The molecule has 0 bridgehead atoms. The minimum Gasteiger partial charge on any atom is -0.368 e. The Balaban J connectivity index is 1.83. The lowest BCUT2D eigenvalue weighted by Crippen LogP contribution is -2.54. The van der Waals surface area contributed by atoms with Crippen LogP contribution in [0, 0.1) is 0 Å². The molecule has 5 rings (SSSR count). The van der Waals surface area contributed by atoms with Crippen LogP contribution in [-0.4, -0.2) is 52.6 Å². The Labute approximate surface area is 173 Å². The van der Waals surface area contributed by atoms with E-state index in [-0.39, 0.29) is 5.91 Å². The van der Waals surface area contributed by atoms with Gasteiger partial charge in [-0.1, -0.05) is 12.1 Å². The van der Waals surface area contributed by atoms with Gasteiger partial charge in [-0.15, -0.1) is 0 Å². The fourth-order valence-corrected chi connectivity index (χ4v) is 4.51. The number of carbonyl (C=O) groups excluding carboxylic acids is 1. The van der Waals surface area contributed by atoms with Crippen molar-refractivity contribution in [1.29, 1.82) is 0 Å². The van der Waals surface area contributed by atoms with Crippen LogP contribution < -0.4 is 15.7 Å². The molecular weight excluding hydrogens is 380 g/mol. The van der Waals surface area contributed by atoms with Crippen molar-refractivity contribution in [2.75, 3.05) is 25.1 Å². The van der Waals surface area contributed by atoms with E-state index in [0.717, 1.165) is 40.8 Å². The van der Waals surface area contributed by atoms with Crippen molar-refractivity contribution >= 4 is 39.3 Å². The molecule has 1 amide bonds. The highest BCUT2D eigenvalue weighted by molar-refractivity contribution is 6.07. The van der Waals surface area contributed by atoms with Crippen molar-refractivity contribution in [1.82, 2.24) is 25.2 Å². The lowest BCUT2D eigenvalue weighted by molar-refractivity contribution is 0.0539. The van der Waals surface area contributed by atoms with E-state index in [2.05, 4.69) is 34.5 Å². The highest BCUT2D eigenvalue weighted by Gasteiger charge is 2.25. The molecule has 3 aromatic heterocycles. The fourth-order valence-electron chi connectivity index (χ4n) is 4.51. The molecular formula is C22H24N6O2. The van der Waals surface area contributed by atoms with E-state index in [1.165, 1.54) is 7.11 Å². The number of para-hydroxylation sites is 2. The first kappa shape index (κ1) is 18.8. The van der Waals surface area contributed by atoms with Gasteiger partial charge in [0.2, 0.25) is 0 Å². The molecule has 0 radical (unpaired) electrons. The first-order valence-corrected chi connectivity index (χ1v) is 10.1. The Kier molecular flexibility index (Phi) is 4.52. The van der Waals surface area contributed by atoms with Crippen LogP contribution in [0.3, 0.4) is 0 Å². The predicted octanol–water partition coefficient (Wildman–Crippen LogP) is 2.51. The third kappa shape index (κ3) is 2.96. The third-order valence-electron chi connectivity index (χ3n) is 5.59. The van der Waals surface area contributed by atoms with Gasteiger partial charge in [-0.3, -0.25) is 14.0 Å². The molecule has 4 aromatic rings. The number of benzene rings is 1. The van der Waals surface area contributed by atoms with Gasteiger partial charge in [0, 0.05) is 42.4 Å². The zero-order chi connectivity index (χ0) is 20.8. The fraction of sp³-hybridized carbons (Fsp3) is 0.318. The number of nitrogens with one attached hydrogen (secondary N) is 2. The van der Waals surface area contributed by atoms with Crippen LogP contribution in [0.1, 0.15) is 24.2 Å². The maximum atomic E-state index is 12.8. The lowest BCUT2D eigenvalue weighted by Gasteiger charge is -2.38. The molecule has 154 valence electrons. The number of rotatable bonds is 3. The molecule has 0 aliphatic carbocycles. The molecule has 1 aliphatic heterocycles. The molecule has 1 aromatic carbocycles. The van der Waals surface area contributed by atoms with Gasteiger partial charge >= 0.3 is 0 Å². The normalized spacial score (nSPS) is 19.6. The molecule has 30 heavy (non-hydrogen) atoms. The monoisotopic (exact) mass is 404 g/mol. The van der Waals surface area contributed by atoms with Crippen LogP contribution in [0.4, 0.5) is 5.69 Å². The van der Waals surface area contributed by atoms with E-state index in [1.54, 1.807) is 0 Å². The van der Waals surface area contributed by atoms with Crippen molar-refractivity contribution < 1.29 is 9.63 Å². The minimum absolute atomic E-state index is 0.337. The van der Waals surface area contributed by atoms with E-state index in [4.69, 9.17) is 9.82 Å². The zero-order valence-electron chi connectivity index (χ0n) is 17.2. The topological polar surface area (TPSA) is 83.8 Å². The van der Waals surface area contributed by atoms with E-state index in [0.29, 0.717) is 23.3 Å². The number of hydrogen-bond donors (Lipinski definition) is 2. The molecule has 8 nitrogen and oxygen atoms in total. The SMILES string of the molecule is CONC(=O)c1cc2c(N3CC(C)NC(C)C3)ccnc2n2c1nc1ccccc12. The number of amides is 1. The number of pyridine rings is 2. The van der Waals surface area contributed by atoms with Gasteiger partial charge in [-0.05, 0) is 38.1 Å². The molecule has 2 unspecified atom stereocenters. The molecule has 0 spiro atoms. The highest BCUT2D eigenvalue weighted by Crippen LogP contribution is 2.32. The summed E-state index contributed by atoms with van der Waals surface area (Å²) >= 11 is 0. The predicted molar refractivity (Wildman–Crippen MR) is 117 cm³/mol. The van der Waals surface area contributed by atoms with E-state index >= 15 is 0 Å². The molecule has 1 saturated heterocycles. The van der Waals surface area contributed by atoms with Gasteiger partial charge in [0.05, 0.1) is 23.7 Å². The van der Waals surface area contributed by atoms with Gasteiger partial charge in [-0.25, -0.2) is 15.4 Å². The van der Waals surface area contributed by atoms with Crippen molar-refractivity contribution in [3.63, 3.8) is 0 Å². The number of anilines is 1. The van der Waals surface area contributed by atoms with Gasteiger partial charge in [0.1, 0.15) is 5.65 Å². The quantitative estimate of drug-likeness (QED) is 0.511. The average molecular weight is 404 g/mol. The number of piperazine rings is 1. The summed E-state index contributed by atoms with van der Waals surface area (Å²) in [5.41, 5.74) is 7.02. The standard InChI is InChI=1S/C22H24N6O2/c1-13-11-27(12-14(2)24-13)18-8-9-23-20-15(18)10-16(22(29)26-30-3)21-25-17-6-4-5-7-19(17)28(20)21/h4-10,13-14,24H,11-12H2,1-3H3,(H,26,29). The minimum atomic E-state index is -0.337. The summed E-state index contributed by atoms with van der Waals surface area (Å²) in [4.78, 5) is 29.5. The third-order valence-corrected chi connectivity index (χ3v) is 5.59. The Hall–Kier alpha value is -3.23. The number of hydroxylamine groups is 1. The number of aromatic nitrogens is 3. The van der Waals surface area contributed by atoms with Crippen LogP contribution in [0.2, 0.25) is 0 Å². The molecule has 4 heterocycles. The maximum absolute atomic E-state index is 12.8. The van der Waals surface area contributed by atoms with Gasteiger partial charge in [0.15, 0.2) is 5.65 Å². The molecule has 2 N–H and O–H groups in total. The summed E-state index contributed by atoms with van der Waals surface area (Å²) in [6.45, 7) is 6.13. The molecule has 0 saturated carbocycles. The van der Waals surface area contributed by atoms with Crippen LogP contribution in [0.25, 0.3) is 27.7 Å². The average Bonchev–Trinajstić information content (AvgIpc) is 3.12. The summed E-state index contributed by atoms with van der Waals surface area (Å²) in [6.07, 6.45) is 1.83. The van der Waals surface area contributed by atoms with Crippen molar-refractivity contribution in [2.45, 2.75) is 25.9 Å². The first-order valence-electron chi connectivity index (χ1n) is 10.1. The zero-order valence-corrected chi connectivity index (χ0v) is 17.2. The lowest BCUT2D eigenvalue weighted by atomic mass is 10.1. The number of carbonyl (C=O) groups is 1. The molecule has 2 atom stereocenters. The number of hydrogen-bond acceptors (Lipinski definition) is 6. The second-order valence-corrected chi connectivity index (χ2v) is 7.89.